The molecule has 1 saturated carbocycles. The van der Waals surface area contributed by atoms with Crippen LogP contribution in [0.1, 0.15) is 25.7 Å². The average molecular weight is 280 g/mol. The van der Waals surface area contributed by atoms with Crippen LogP contribution in [0, 0.1) is 0 Å². The number of hydrogen-bond donors (Lipinski definition) is 1. The summed E-state index contributed by atoms with van der Waals surface area (Å²) in [6, 6.07) is 0. The Morgan fingerprint density at radius 1 is 1.00 bits per heavy atom. The highest BCUT2D eigenvalue weighted by atomic mass is 19.4. The molecule has 0 saturated heterocycles. The van der Waals surface area contributed by atoms with Crippen molar-refractivity contribution in [2.45, 2.75) is 49.2 Å². The van der Waals surface area contributed by atoms with Crippen molar-refractivity contribution in [2.75, 3.05) is 0 Å². The Balaban J connectivity index is 3.37. The molecule has 0 aliphatic heterocycles. The van der Waals surface area contributed by atoms with Crippen LogP contribution in [-0.2, 0) is 9.53 Å². The number of carbonyl (C=O) groups is 1. The molecular weight excluding hydrogens is 270 g/mol. The zero-order valence-corrected chi connectivity index (χ0v) is 8.94. The Labute approximate surface area is 97.7 Å². The van der Waals surface area contributed by atoms with Gasteiger partial charge >= 0.3 is 12.4 Å². The lowest BCUT2D eigenvalue weighted by atomic mass is 9.79. The maximum atomic E-state index is 12.7. The minimum absolute atomic E-state index is 0.00229. The van der Waals surface area contributed by atoms with Gasteiger partial charge in [0.15, 0.2) is 5.60 Å². The largest absolute Gasteiger partial charge is 0.457 e. The van der Waals surface area contributed by atoms with Gasteiger partial charge in [-0.15, -0.1) is 0 Å². The maximum Gasteiger partial charge on any atom is 0.430 e. The van der Waals surface area contributed by atoms with E-state index in [1.54, 1.807) is 0 Å². The molecule has 0 aromatic rings. The third kappa shape index (κ3) is 1.94. The van der Waals surface area contributed by atoms with Crippen LogP contribution < -0.4 is 0 Å². The summed E-state index contributed by atoms with van der Waals surface area (Å²) in [6.45, 7) is -0.492. The first-order chi connectivity index (χ1) is 8.02. The third-order valence-corrected chi connectivity index (χ3v) is 3.16. The second kappa shape index (κ2) is 4.29. The van der Waals surface area contributed by atoms with Gasteiger partial charge in [0, 0.05) is 0 Å². The molecule has 0 radical (unpaired) electrons. The minimum atomic E-state index is -5.99. The molecule has 1 rings (SSSR count). The molecule has 0 unspecified atom stereocenters. The highest BCUT2D eigenvalue weighted by molar-refractivity contribution is 5.40. The zero-order chi connectivity index (χ0) is 14.2. The molecule has 0 aromatic heterocycles. The lowest BCUT2D eigenvalue weighted by molar-refractivity contribution is -0.410. The van der Waals surface area contributed by atoms with Crippen molar-refractivity contribution in [1.82, 2.24) is 0 Å². The second-order valence-corrected chi connectivity index (χ2v) is 4.12. The van der Waals surface area contributed by atoms with E-state index in [9.17, 15) is 36.2 Å². The summed E-state index contributed by atoms with van der Waals surface area (Å²) in [4.78, 5) is 10.2. The van der Waals surface area contributed by atoms with Gasteiger partial charge in [0.05, 0.1) is 0 Å². The first-order valence-electron chi connectivity index (χ1n) is 4.99. The molecule has 9 heteroatoms. The topological polar surface area (TPSA) is 46.5 Å². The van der Waals surface area contributed by atoms with Gasteiger partial charge in [0.1, 0.15) is 0 Å². The number of hydrogen-bond acceptors (Lipinski definition) is 3. The van der Waals surface area contributed by atoms with Crippen LogP contribution in [-0.4, -0.2) is 35.1 Å². The van der Waals surface area contributed by atoms with Gasteiger partial charge in [0.25, 0.3) is 12.1 Å². The van der Waals surface area contributed by atoms with Crippen molar-refractivity contribution < 1.29 is 41.0 Å². The van der Waals surface area contributed by atoms with Gasteiger partial charge in [-0.2, -0.15) is 26.3 Å². The number of alkyl halides is 6. The van der Waals surface area contributed by atoms with Gasteiger partial charge in [0.2, 0.25) is 0 Å². The lowest BCUT2D eigenvalue weighted by Gasteiger charge is -2.44. The van der Waals surface area contributed by atoms with E-state index < -0.39 is 42.9 Å². The SMILES string of the molecule is O=COC1(C(O)(C(F)(F)F)C(F)(F)F)CCCC1. The summed E-state index contributed by atoms with van der Waals surface area (Å²) in [5.41, 5.74) is -8.05. The van der Waals surface area contributed by atoms with Gasteiger partial charge in [-0.05, 0) is 25.7 Å². The van der Waals surface area contributed by atoms with Crippen molar-refractivity contribution in [3.8, 4) is 0 Å². The lowest BCUT2D eigenvalue weighted by Crippen LogP contribution is -2.70. The number of carbonyl (C=O) groups excluding carboxylic acids is 1. The molecule has 1 aliphatic carbocycles. The van der Waals surface area contributed by atoms with E-state index in [1.165, 1.54) is 0 Å². The van der Waals surface area contributed by atoms with Crippen molar-refractivity contribution in [3.05, 3.63) is 0 Å². The summed E-state index contributed by atoms with van der Waals surface area (Å²) >= 11 is 0. The standard InChI is InChI=1S/C9H10F6O3/c10-8(11,12)7(17,9(13,14)15)6(18-5-16)3-1-2-4-6/h5,17H,1-4H2. The number of ether oxygens (including phenoxy) is 1. The fraction of sp³-hybridized carbons (Fsp3) is 0.889. The molecule has 0 spiro atoms. The Morgan fingerprint density at radius 2 is 1.39 bits per heavy atom. The highest BCUT2D eigenvalue weighted by Gasteiger charge is 2.81. The van der Waals surface area contributed by atoms with E-state index in [1.807, 2.05) is 0 Å². The van der Waals surface area contributed by atoms with Gasteiger partial charge in [-0.3, -0.25) is 4.79 Å². The molecule has 1 aliphatic rings. The molecule has 1 fully saturated rings. The normalized spacial score (nSPS) is 20.8. The van der Waals surface area contributed by atoms with Crippen LogP contribution in [0.25, 0.3) is 0 Å². The van der Waals surface area contributed by atoms with Crippen molar-refractivity contribution in [3.63, 3.8) is 0 Å². The quantitative estimate of drug-likeness (QED) is 0.637. The maximum absolute atomic E-state index is 12.7. The van der Waals surface area contributed by atoms with Gasteiger partial charge in [-0.25, -0.2) is 0 Å². The predicted molar refractivity (Wildman–Crippen MR) is 45.4 cm³/mol. The minimum Gasteiger partial charge on any atom is -0.457 e. The van der Waals surface area contributed by atoms with Gasteiger partial charge < -0.3 is 9.84 Å². The van der Waals surface area contributed by atoms with Crippen LogP contribution >= 0.6 is 0 Å². The molecular formula is C9H10F6O3. The van der Waals surface area contributed by atoms with Crippen LogP contribution in [0.2, 0.25) is 0 Å². The molecule has 1 N–H and O–H groups in total. The summed E-state index contributed by atoms with van der Waals surface area (Å²) in [5, 5.41) is 9.23. The first-order valence-corrected chi connectivity index (χ1v) is 4.99. The van der Waals surface area contributed by atoms with Crippen LogP contribution in [0.3, 0.4) is 0 Å². The molecule has 0 amide bonds. The second-order valence-electron chi connectivity index (χ2n) is 4.12. The van der Waals surface area contributed by atoms with Gasteiger partial charge in [-0.1, -0.05) is 0 Å². The smallest absolute Gasteiger partial charge is 0.430 e. The zero-order valence-electron chi connectivity index (χ0n) is 8.94. The summed E-state index contributed by atoms with van der Waals surface area (Å²) in [7, 11) is 0. The summed E-state index contributed by atoms with van der Waals surface area (Å²) in [6.07, 6.45) is -13.4. The van der Waals surface area contributed by atoms with E-state index in [0.29, 0.717) is 0 Å². The molecule has 0 atom stereocenters. The number of halogens is 6. The number of rotatable bonds is 3. The number of aliphatic hydroxyl groups is 1. The van der Waals surface area contributed by atoms with E-state index >= 15 is 0 Å². The van der Waals surface area contributed by atoms with Crippen LogP contribution in [0.4, 0.5) is 26.3 Å². The monoisotopic (exact) mass is 280 g/mol. The predicted octanol–water partition coefficient (Wildman–Crippen LogP) is 2.33. The van der Waals surface area contributed by atoms with Crippen LogP contribution in [0.5, 0.6) is 0 Å². The Bertz CT molecular complexity index is 301. The highest BCUT2D eigenvalue weighted by Crippen LogP contribution is 2.55. The van der Waals surface area contributed by atoms with E-state index in [2.05, 4.69) is 4.74 Å². The third-order valence-electron chi connectivity index (χ3n) is 3.16. The van der Waals surface area contributed by atoms with Crippen molar-refractivity contribution in [2.24, 2.45) is 0 Å². The Hall–Kier alpha value is -0.990. The van der Waals surface area contributed by atoms with Crippen molar-refractivity contribution >= 4 is 6.47 Å². The molecule has 3 nitrogen and oxygen atoms in total. The van der Waals surface area contributed by atoms with Crippen LogP contribution in [0.15, 0.2) is 0 Å². The summed E-state index contributed by atoms with van der Waals surface area (Å²) in [5.74, 6) is 0. The molecule has 18 heavy (non-hydrogen) atoms. The fourth-order valence-electron chi connectivity index (χ4n) is 2.28. The molecule has 0 heterocycles. The Morgan fingerprint density at radius 3 is 1.67 bits per heavy atom. The molecule has 0 aromatic carbocycles. The van der Waals surface area contributed by atoms with E-state index in [0.717, 1.165) is 0 Å². The Kier molecular flexibility index (Phi) is 3.59. The molecule has 106 valence electrons. The van der Waals surface area contributed by atoms with E-state index in [-0.39, 0.29) is 12.8 Å². The molecule has 0 bridgehead atoms. The van der Waals surface area contributed by atoms with E-state index in [4.69, 9.17) is 0 Å². The summed E-state index contributed by atoms with van der Waals surface area (Å²) < 4.78 is 80.0. The average Bonchev–Trinajstić information content (AvgIpc) is 2.63. The fourth-order valence-corrected chi connectivity index (χ4v) is 2.28. The first kappa shape index (κ1) is 15.1. The van der Waals surface area contributed by atoms with Crippen molar-refractivity contribution in [1.29, 1.82) is 0 Å².